The fraction of sp³-hybridized carbons (Fsp3) is 0.500. The number of rotatable bonds is 5. The Kier molecular flexibility index (Phi) is 5.21. The number of hydrogen-bond donors (Lipinski definition) is 1. The van der Waals surface area contributed by atoms with Gasteiger partial charge in [0, 0.05) is 37.2 Å². The second-order valence-electron chi connectivity index (χ2n) is 6.41. The lowest BCUT2D eigenvalue weighted by Gasteiger charge is -2.27. The summed E-state index contributed by atoms with van der Waals surface area (Å²) in [6.45, 7) is 5.51. The summed E-state index contributed by atoms with van der Waals surface area (Å²) >= 11 is 0. The Balaban J connectivity index is 1.66. The standard InChI is InChI=1S/C18H25N5O2/c1-13(16-6-7-19-11-17(16)25-3)21-18(24)23-9-4-5-15(23)12-22-10-8-20-14(22)2/h6-8,10-11,13,15H,4-5,9,12H2,1-3H3,(H,21,24)/t13-,15+/m1/s1. The number of methoxy groups -OCH3 is 1. The zero-order valence-corrected chi connectivity index (χ0v) is 15.0. The number of amides is 2. The molecule has 3 heterocycles. The van der Waals surface area contributed by atoms with Crippen LogP contribution in [0.5, 0.6) is 5.75 Å². The van der Waals surface area contributed by atoms with E-state index in [0.29, 0.717) is 5.75 Å². The maximum absolute atomic E-state index is 12.8. The van der Waals surface area contributed by atoms with Crippen LogP contribution < -0.4 is 10.1 Å². The van der Waals surface area contributed by atoms with Gasteiger partial charge < -0.3 is 19.5 Å². The second kappa shape index (κ2) is 7.55. The van der Waals surface area contributed by atoms with Crippen LogP contribution in [-0.4, -0.2) is 45.2 Å². The Labute approximate surface area is 148 Å². The van der Waals surface area contributed by atoms with Crippen LogP contribution in [0.3, 0.4) is 0 Å². The van der Waals surface area contributed by atoms with Gasteiger partial charge in [-0.1, -0.05) is 0 Å². The zero-order valence-electron chi connectivity index (χ0n) is 15.0. The average molecular weight is 343 g/mol. The molecule has 1 saturated heterocycles. The number of aryl methyl sites for hydroxylation is 1. The Hall–Kier alpha value is -2.57. The first-order valence-electron chi connectivity index (χ1n) is 8.63. The Morgan fingerprint density at radius 3 is 3.04 bits per heavy atom. The first-order valence-corrected chi connectivity index (χ1v) is 8.63. The highest BCUT2D eigenvalue weighted by atomic mass is 16.5. The number of ether oxygens (including phenoxy) is 1. The number of likely N-dealkylation sites (tertiary alicyclic amines) is 1. The zero-order chi connectivity index (χ0) is 17.8. The van der Waals surface area contributed by atoms with E-state index in [-0.39, 0.29) is 18.1 Å². The minimum Gasteiger partial charge on any atom is -0.495 e. The van der Waals surface area contributed by atoms with Crippen molar-refractivity contribution in [2.75, 3.05) is 13.7 Å². The molecule has 1 aliphatic rings. The topological polar surface area (TPSA) is 72.3 Å². The van der Waals surface area contributed by atoms with Gasteiger partial charge >= 0.3 is 6.03 Å². The van der Waals surface area contributed by atoms with Gasteiger partial charge in [-0.25, -0.2) is 9.78 Å². The molecule has 7 nitrogen and oxygen atoms in total. The molecule has 1 aliphatic heterocycles. The molecule has 2 amide bonds. The van der Waals surface area contributed by atoms with Gasteiger partial charge in [-0.15, -0.1) is 0 Å². The molecular weight excluding hydrogens is 318 g/mol. The molecule has 0 spiro atoms. The predicted octanol–water partition coefficient (Wildman–Crippen LogP) is 2.53. The van der Waals surface area contributed by atoms with Gasteiger partial charge in [0.05, 0.1) is 25.4 Å². The number of nitrogens with zero attached hydrogens (tertiary/aromatic N) is 4. The summed E-state index contributed by atoms with van der Waals surface area (Å²) in [5.41, 5.74) is 0.923. The SMILES string of the molecule is COc1cnccc1[C@@H](C)NC(=O)N1CCC[C@H]1Cn1ccnc1C. The van der Waals surface area contributed by atoms with Crippen molar-refractivity contribution in [2.45, 2.75) is 45.3 Å². The van der Waals surface area contributed by atoms with Gasteiger partial charge in [-0.3, -0.25) is 4.98 Å². The van der Waals surface area contributed by atoms with Crippen molar-refractivity contribution in [1.82, 2.24) is 24.8 Å². The van der Waals surface area contributed by atoms with E-state index in [9.17, 15) is 4.79 Å². The lowest BCUT2D eigenvalue weighted by atomic mass is 10.1. The van der Waals surface area contributed by atoms with Crippen LogP contribution in [0.25, 0.3) is 0 Å². The molecule has 134 valence electrons. The predicted molar refractivity (Wildman–Crippen MR) is 94.4 cm³/mol. The normalized spacial score (nSPS) is 18.2. The number of pyridine rings is 1. The summed E-state index contributed by atoms with van der Waals surface area (Å²) in [5, 5.41) is 3.09. The van der Waals surface area contributed by atoms with E-state index in [4.69, 9.17) is 4.74 Å². The van der Waals surface area contributed by atoms with Crippen LogP contribution in [0.4, 0.5) is 4.79 Å². The molecule has 2 aromatic rings. The largest absolute Gasteiger partial charge is 0.495 e. The van der Waals surface area contributed by atoms with Gasteiger partial charge in [0.1, 0.15) is 11.6 Å². The highest BCUT2D eigenvalue weighted by Gasteiger charge is 2.30. The van der Waals surface area contributed by atoms with Gasteiger partial charge in [0.15, 0.2) is 0 Å². The molecule has 0 saturated carbocycles. The third kappa shape index (κ3) is 3.75. The smallest absolute Gasteiger partial charge is 0.318 e. The van der Waals surface area contributed by atoms with E-state index in [1.165, 1.54) is 0 Å². The molecule has 1 fully saturated rings. The van der Waals surface area contributed by atoms with Crippen molar-refractivity contribution in [3.63, 3.8) is 0 Å². The van der Waals surface area contributed by atoms with E-state index < -0.39 is 0 Å². The van der Waals surface area contributed by atoms with Crippen molar-refractivity contribution >= 4 is 6.03 Å². The molecule has 0 aromatic carbocycles. The van der Waals surface area contributed by atoms with E-state index in [1.54, 1.807) is 25.7 Å². The van der Waals surface area contributed by atoms with Crippen molar-refractivity contribution in [2.24, 2.45) is 0 Å². The van der Waals surface area contributed by atoms with Gasteiger partial charge in [0.25, 0.3) is 0 Å². The van der Waals surface area contributed by atoms with Crippen LogP contribution in [0.1, 0.15) is 37.2 Å². The highest BCUT2D eigenvalue weighted by molar-refractivity contribution is 5.75. The third-order valence-corrected chi connectivity index (χ3v) is 4.81. The van der Waals surface area contributed by atoms with Gasteiger partial charge in [-0.05, 0) is 32.8 Å². The minimum atomic E-state index is -0.151. The molecule has 3 rings (SSSR count). The van der Waals surface area contributed by atoms with Crippen LogP contribution in [0, 0.1) is 6.92 Å². The van der Waals surface area contributed by atoms with Gasteiger partial charge in [-0.2, -0.15) is 0 Å². The van der Waals surface area contributed by atoms with E-state index in [0.717, 1.165) is 37.3 Å². The number of carbonyl (C=O) groups is 1. The van der Waals surface area contributed by atoms with Crippen molar-refractivity contribution in [3.05, 3.63) is 42.2 Å². The van der Waals surface area contributed by atoms with Crippen LogP contribution in [0.15, 0.2) is 30.9 Å². The summed E-state index contributed by atoms with van der Waals surface area (Å²) < 4.78 is 7.44. The third-order valence-electron chi connectivity index (χ3n) is 4.81. The fourth-order valence-corrected chi connectivity index (χ4v) is 3.38. The molecule has 2 aromatic heterocycles. The molecule has 0 unspecified atom stereocenters. The van der Waals surface area contributed by atoms with Crippen LogP contribution in [-0.2, 0) is 6.54 Å². The van der Waals surface area contributed by atoms with Crippen molar-refractivity contribution in [3.8, 4) is 5.75 Å². The number of hydrogen-bond acceptors (Lipinski definition) is 4. The Morgan fingerprint density at radius 2 is 2.32 bits per heavy atom. The summed E-state index contributed by atoms with van der Waals surface area (Å²) in [5.74, 6) is 1.66. The quantitative estimate of drug-likeness (QED) is 0.905. The molecule has 2 atom stereocenters. The van der Waals surface area contributed by atoms with Crippen LogP contribution in [0.2, 0.25) is 0 Å². The number of nitrogens with one attached hydrogen (secondary N) is 1. The molecule has 0 radical (unpaired) electrons. The summed E-state index contributed by atoms with van der Waals surface area (Å²) in [4.78, 5) is 23.0. The first kappa shape index (κ1) is 17.3. The summed E-state index contributed by atoms with van der Waals surface area (Å²) in [6.07, 6.45) is 9.18. The van der Waals surface area contributed by atoms with E-state index >= 15 is 0 Å². The van der Waals surface area contributed by atoms with Crippen molar-refractivity contribution < 1.29 is 9.53 Å². The average Bonchev–Trinajstić information content (AvgIpc) is 3.24. The molecule has 0 aliphatic carbocycles. The van der Waals surface area contributed by atoms with Crippen molar-refractivity contribution in [1.29, 1.82) is 0 Å². The second-order valence-corrected chi connectivity index (χ2v) is 6.41. The molecule has 7 heteroatoms. The maximum atomic E-state index is 12.8. The van der Waals surface area contributed by atoms with E-state index in [2.05, 4.69) is 19.9 Å². The Bertz CT molecular complexity index is 730. The Morgan fingerprint density at radius 1 is 1.48 bits per heavy atom. The monoisotopic (exact) mass is 343 g/mol. The molecular formula is C18H25N5O2. The van der Waals surface area contributed by atoms with Crippen LogP contribution >= 0.6 is 0 Å². The number of carbonyl (C=O) groups excluding carboxylic acids is 1. The maximum Gasteiger partial charge on any atom is 0.318 e. The van der Waals surface area contributed by atoms with Gasteiger partial charge in [0.2, 0.25) is 0 Å². The molecule has 25 heavy (non-hydrogen) atoms. The fourth-order valence-electron chi connectivity index (χ4n) is 3.38. The highest BCUT2D eigenvalue weighted by Crippen LogP contribution is 2.25. The minimum absolute atomic E-state index is 0.0355. The molecule has 1 N–H and O–H groups in total. The van der Waals surface area contributed by atoms with E-state index in [1.807, 2.05) is 31.0 Å². The lowest BCUT2D eigenvalue weighted by Crippen LogP contribution is -2.45. The number of aromatic nitrogens is 3. The first-order chi connectivity index (χ1) is 12.1. The summed E-state index contributed by atoms with van der Waals surface area (Å²) in [6, 6.07) is 1.88. The number of imidazole rings is 1. The molecule has 0 bridgehead atoms. The summed E-state index contributed by atoms with van der Waals surface area (Å²) in [7, 11) is 1.61. The lowest BCUT2D eigenvalue weighted by molar-refractivity contribution is 0.184. The number of urea groups is 1.